The van der Waals surface area contributed by atoms with Gasteiger partial charge in [-0.25, -0.2) is 4.39 Å². The van der Waals surface area contributed by atoms with E-state index in [2.05, 4.69) is 54.4 Å². The second-order valence-electron chi connectivity index (χ2n) is 7.79. The molecule has 1 aliphatic carbocycles. The standard InChI is InChI=1S/C26H24FN/c1-2-3-6-17-9-11-19(12-10-17)20-15-16-23-22-14-13-18-7-4-5-8-21(18)25(22)28-26(23)24(20)27/h4-5,7-12,15-16,28H,2-3,6,13-14H2,1H3. The van der Waals surface area contributed by atoms with Gasteiger partial charge in [-0.3, -0.25) is 0 Å². The lowest BCUT2D eigenvalue weighted by Crippen LogP contribution is -2.02. The molecule has 4 aromatic rings. The highest BCUT2D eigenvalue weighted by Crippen LogP contribution is 2.39. The summed E-state index contributed by atoms with van der Waals surface area (Å²) in [7, 11) is 0. The van der Waals surface area contributed by atoms with Gasteiger partial charge in [-0.15, -0.1) is 0 Å². The summed E-state index contributed by atoms with van der Waals surface area (Å²) in [4.78, 5) is 3.41. The monoisotopic (exact) mass is 369 g/mol. The number of aromatic amines is 1. The molecule has 2 heteroatoms. The minimum Gasteiger partial charge on any atom is -0.352 e. The number of halogens is 1. The second-order valence-corrected chi connectivity index (χ2v) is 7.79. The largest absolute Gasteiger partial charge is 0.352 e. The average molecular weight is 369 g/mol. The van der Waals surface area contributed by atoms with Gasteiger partial charge in [-0.05, 0) is 47.9 Å². The minimum atomic E-state index is -0.148. The van der Waals surface area contributed by atoms with Gasteiger partial charge in [0.1, 0.15) is 0 Å². The Morgan fingerprint density at radius 1 is 0.893 bits per heavy atom. The van der Waals surface area contributed by atoms with E-state index in [0.717, 1.165) is 35.9 Å². The summed E-state index contributed by atoms with van der Waals surface area (Å²) < 4.78 is 15.5. The van der Waals surface area contributed by atoms with Crippen molar-refractivity contribution < 1.29 is 4.39 Å². The van der Waals surface area contributed by atoms with Gasteiger partial charge in [-0.2, -0.15) is 0 Å². The Bertz CT molecular complexity index is 1150. The number of fused-ring (bicyclic) bond motifs is 5. The van der Waals surface area contributed by atoms with Crippen molar-refractivity contribution in [2.45, 2.75) is 39.0 Å². The molecular formula is C26H24FN. The van der Waals surface area contributed by atoms with Crippen LogP contribution in [0.25, 0.3) is 33.3 Å². The molecule has 5 rings (SSSR count). The number of aromatic nitrogens is 1. The molecule has 0 saturated heterocycles. The van der Waals surface area contributed by atoms with Crippen molar-refractivity contribution in [2.75, 3.05) is 0 Å². The topological polar surface area (TPSA) is 15.8 Å². The van der Waals surface area contributed by atoms with Crippen molar-refractivity contribution >= 4 is 10.9 Å². The van der Waals surface area contributed by atoms with Crippen LogP contribution in [0.1, 0.15) is 36.5 Å². The lowest BCUT2D eigenvalue weighted by atomic mass is 9.89. The highest BCUT2D eigenvalue weighted by Gasteiger charge is 2.22. The molecule has 3 aromatic carbocycles. The van der Waals surface area contributed by atoms with Gasteiger partial charge in [0.25, 0.3) is 0 Å². The Kier molecular flexibility index (Phi) is 4.27. The van der Waals surface area contributed by atoms with E-state index >= 15 is 4.39 Å². The van der Waals surface area contributed by atoms with Crippen LogP contribution < -0.4 is 0 Å². The summed E-state index contributed by atoms with van der Waals surface area (Å²) >= 11 is 0. The van der Waals surface area contributed by atoms with Crippen molar-refractivity contribution in [3.05, 3.63) is 83.2 Å². The number of benzene rings is 3. The minimum absolute atomic E-state index is 0.148. The smallest absolute Gasteiger partial charge is 0.155 e. The van der Waals surface area contributed by atoms with Crippen LogP contribution >= 0.6 is 0 Å². The van der Waals surface area contributed by atoms with Gasteiger partial charge < -0.3 is 4.98 Å². The van der Waals surface area contributed by atoms with Crippen LogP contribution in [-0.4, -0.2) is 4.98 Å². The van der Waals surface area contributed by atoms with Crippen molar-refractivity contribution in [3.8, 4) is 22.4 Å². The van der Waals surface area contributed by atoms with E-state index in [0.29, 0.717) is 11.1 Å². The first-order valence-electron chi connectivity index (χ1n) is 10.3. The van der Waals surface area contributed by atoms with E-state index in [-0.39, 0.29) is 5.82 Å². The molecule has 140 valence electrons. The van der Waals surface area contributed by atoms with Gasteiger partial charge in [-0.1, -0.05) is 74.0 Å². The van der Waals surface area contributed by atoms with E-state index in [1.807, 2.05) is 18.2 Å². The quantitative estimate of drug-likeness (QED) is 0.395. The van der Waals surface area contributed by atoms with Gasteiger partial charge in [0, 0.05) is 16.5 Å². The Labute approximate surface area is 165 Å². The normalized spacial score (nSPS) is 12.8. The number of hydrogen-bond donors (Lipinski definition) is 1. The van der Waals surface area contributed by atoms with Gasteiger partial charge in [0.15, 0.2) is 5.82 Å². The number of aryl methyl sites for hydroxylation is 3. The van der Waals surface area contributed by atoms with Crippen molar-refractivity contribution in [2.24, 2.45) is 0 Å². The molecule has 0 aliphatic heterocycles. The van der Waals surface area contributed by atoms with E-state index in [4.69, 9.17) is 0 Å². The fourth-order valence-corrected chi connectivity index (χ4v) is 4.47. The van der Waals surface area contributed by atoms with E-state index in [1.165, 1.54) is 35.1 Å². The Balaban J connectivity index is 1.59. The first-order chi connectivity index (χ1) is 13.8. The fraction of sp³-hybridized carbons (Fsp3) is 0.231. The molecule has 0 atom stereocenters. The summed E-state index contributed by atoms with van der Waals surface area (Å²) in [6, 6.07) is 20.8. The van der Waals surface area contributed by atoms with Crippen LogP contribution in [-0.2, 0) is 19.3 Å². The molecule has 1 aliphatic rings. The summed E-state index contributed by atoms with van der Waals surface area (Å²) in [6.45, 7) is 2.20. The molecule has 1 N–H and O–H groups in total. The maximum atomic E-state index is 15.5. The summed E-state index contributed by atoms with van der Waals surface area (Å²) in [6.07, 6.45) is 5.43. The lowest BCUT2D eigenvalue weighted by Gasteiger charge is -2.16. The molecule has 0 bridgehead atoms. The highest BCUT2D eigenvalue weighted by atomic mass is 19.1. The third-order valence-corrected chi connectivity index (χ3v) is 6.03. The van der Waals surface area contributed by atoms with Gasteiger partial charge in [0.05, 0.1) is 11.2 Å². The zero-order valence-corrected chi connectivity index (χ0v) is 16.2. The summed E-state index contributed by atoms with van der Waals surface area (Å²) in [5.41, 5.74) is 8.44. The molecule has 0 fully saturated rings. The van der Waals surface area contributed by atoms with Crippen molar-refractivity contribution in [1.29, 1.82) is 0 Å². The molecule has 1 aromatic heterocycles. The fourth-order valence-electron chi connectivity index (χ4n) is 4.47. The predicted octanol–water partition coefficient (Wildman–Crippen LogP) is 7.08. The molecule has 0 amide bonds. The second kappa shape index (κ2) is 6.94. The zero-order chi connectivity index (χ0) is 19.1. The highest BCUT2D eigenvalue weighted by molar-refractivity contribution is 5.95. The molecule has 0 unspecified atom stereocenters. The van der Waals surface area contributed by atoms with Crippen LogP contribution in [0.2, 0.25) is 0 Å². The zero-order valence-electron chi connectivity index (χ0n) is 16.2. The van der Waals surface area contributed by atoms with Crippen molar-refractivity contribution in [1.82, 2.24) is 4.98 Å². The number of rotatable bonds is 4. The predicted molar refractivity (Wildman–Crippen MR) is 115 cm³/mol. The Morgan fingerprint density at radius 3 is 2.54 bits per heavy atom. The van der Waals surface area contributed by atoms with Crippen molar-refractivity contribution in [3.63, 3.8) is 0 Å². The first kappa shape index (κ1) is 17.2. The van der Waals surface area contributed by atoms with Crippen LogP contribution in [0.3, 0.4) is 0 Å². The van der Waals surface area contributed by atoms with Crippen LogP contribution in [0, 0.1) is 5.82 Å². The van der Waals surface area contributed by atoms with Crippen LogP contribution in [0.4, 0.5) is 4.39 Å². The van der Waals surface area contributed by atoms with E-state index in [9.17, 15) is 0 Å². The number of H-pyrrole nitrogens is 1. The average Bonchev–Trinajstić information content (AvgIpc) is 3.13. The number of hydrogen-bond acceptors (Lipinski definition) is 0. The molecule has 28 heavy (non-hydrogen) atoms. The van der Waals surface area contributed by atoms with Gasteiger partial charge in [0.2, 0.25) is 0 Å². The number of nitrogens with one attached hydrogen (secondary N) is 1. The Hall–Kier alpha value is -2.87. The summed E-state index contributed by atoms with van der Waals surface area (Å²) in [5.74, 6) is -0.148. The summed E-state index contributed by atoms with van der Waals surface area (Å²) in [5, 5.41) is 1.02. The molecule has 0 radical (unpaired) electrons. The van der Waals surface area contributed by atoms with Crippen LogP contribution in [0.15, 0.2) is 60.7 Å². The molecule has 0 saturated carbocycles. The number of unbranched alkanes of at least 4 members (excludes halogenated alkanes) is 1. The van der Waals surface area contributed by atoms with E-state index < -0.39 is 0 Å². The molecular weight excluding hydrogens is 345 g/mol. The molecule has 0 spiro atoms. The maximum absolute atomic E-state index is 15.5. The SMILES string of the molecule is CCCCc1ccc(-c2ccc3c4c([nH]c3c2F)-c2ccccc2CC4)cc1. The van der Waals surface area contributed by atoms with E-state index in [1.54, 1.807) is 0 Å². The van der Waals surface area contributed by atoms with Crippen LogP contribution in [0.5, 0.6) is 0 Å². The Morgan fingerprint density at radius 2 is 1.71 bits per heavy atom. The third kappa shape index (κ3) is 2.75. The first-order valence-corrected chi connectivity index (χ1v) is 10.3. The third-order valence-electron chi connectivity index (χ3n) is 6.03. The van der Waals surface area contributed by atoms with Gasteiger partial charge >= 0.3 is 0 Å². The lowest BCUT2D eigenvalue weighted by molar-refractivity contribution is 0.641. The molecule has 1 heterocycles. The maximum Gasteiger partial charge on any atom is 0.155 e. The molecule has 1 nitrogen and oxygen atoms in total.